The van der Waals surface area contributed by atoms with E-state index in [1.54, 1.807) is 11.1 Å². The van der Waals surface area contributed by atoms with E-state index in [-0.39, 0.29) is 24.4 Å². The normalized spacial score (nSPS) is 22.8. The third kappa shape index (κ3) is 3.89. The van der Waals surface area contributed by atoms with Gasteiger partial charge in [-0.05, 0) is 44.2 Å². The van der Waals surface area contributed by atoms with E-state index in [1.165, 1.54) is 0 Å². The fraction of sp³-hybridized carbons (Fsp3) is 0.611. The van der Waals surface area contributed by atoms with E-state index in [1.807, 2.05) is 23.1 Å². The molecule has 2 aliphatic rings. The number of likely N-dealkylation sites (tertiary alicyclic amines) is 2. The zero-order valence-electron chi connectivity index (χ0n) is 13.6. The number of aromatic nitrogens is 1. The standard InChI is InChI=1S/C18H25N3O2/c22-17-10-2-1-6-12-20(17)14-18(23)21-13-7-4-9-16(21)15-8-3-5-11-19-15/h3,5,8,11,16H,1-2,4,6-7,9-10,12-14H2/t16-/m0/s1. The second-order valence-corrected chi connectivity index (χ2v) is 6.48. The van der Waals surface area contributed by atoms with Crippen molar-refractivity contribution >= 4 is 11.8 Å². The molecule has 23 heavy (non-hydrogen) atoms. The van der Waals surface area contributed by atoms with Crippen molar-refractivity contribution in [2.75, 3.05) is 19.6 Å². The van der Waals surface area contributed by atoms with E-state index in [0.29, 0.717) is 13.0 Å². The minimum atomic E-state index is 0.0551. The molecule has 2 aliphatic heterocycles. The molecule has 2 fully saturated rings. The first-order valence-corrected chi connectivity index (χ1v) is 8.74. The van der Waals surface area contributed by atoms with E-state index in [0.717, 1.165) is 50.8 Å². The predicted octanol–water partition coefficient (Wildman–Crippen LogP) is 2.54. The number of hydrogen-bond donors (Lipinski definition) is 0. The topological polar surface area (TPSA) is 53.5 Å². The molecule has 1 aromatic heterocycles. The Hall–Kier alpha value is -1.91. The lowest BCUT2D eigenvalue weighted by molar-refractivity contribution is -0.142. The van der Waals surface area contributed by atoms with Gasteiger partial charge in [0.2, 0.25) is 11.8 Å². The van der Waals surface area contributed by atoms with E-state index >= 15 is 0 Å². The SMILES string of the molecule is O=C1CCCCCN1CC(=O)N1CCCC[C@H]1c1ccccn1. The van der Waals surface area contributed by atoms with Crippen LogP contribution in [-0.2, 0) is 9.59 Å². The molecule has 5 heteroatoms. The average molecular weight is 315 g/mol. The van der Waals surface area contributed by atoms with Crippen LogP contribution in [0.1, 0.15) is 56.7 Å². The predicted molar refractivity (Wildman–Crippen MR) is 87.6 cm³/mol. The van der Waals surface area contributed by atoms with Gasteiger partial charge in [0.25, 0.3) is 0 Å². The summed E-state index contributed by atoms with van der Waals surface area (Å²) in [4.78, 5) is 33.1. The Balaban J connectivity index is 1.70. The molecule has 0 spiro atoms. The van der Waals surface area contributed by atoms with Gasteiger partial charge in [-0.15, -0.1) is 0 Å². The molecule has 1 atom stereocenters. The van der Waals surface area contributed by atoms with Gasteiger partial charge < -0.3 is 9.80 Å². The Morgan fingerprint density at radius 2 is 2.00 bits per heavy atom. The highest BCUT2D eigenvalue weighted by Crippen LogP contribution is 2.29. The molecule has 0 aromatic carbocycles. The van der Waals surface area contributed by atoms with Crippen molar-refractivity contribution in [3.63, 3.8) is 0 Å². The van der Waals surface area contributed by atoms with E-state index in [2.05, 4.69) is 4.98 Å². The van der Waals surface area contributed by atoms with Crippen LogP contribution in [0.2, 0.25) is 0 Å². The van der Waals surface area contributed by atoms with E-state index in [9.17, 15) is 9.59 Å². The molecule has 1 aromatic rings. The van der Waals surface area contributed by atoms with Crippen LogP contribution in [0.15, 0.2) is 24.4 Å². The minimum absolute atomic E-state index is 0.0551. The molecular weight excluding hydrogens is 290 g/mol. The zero-order chi connectivity index (χ0) is 16.1. The maximum Gasteiger partial charge on any atom is 0.242 e. The van der Waals surface area contributed by atoms with Crippen molar-refractivity contribution < 1.29 is 9.59 Å². The lowest BCUT2D eigenvalue weighted by Gasteiger charge is -2.36. The summed E-state index contributed by atoms with van der Waals surface area (Å²) in [5.74, 6) is 0.192. The van der Waals surface area contributed by atoms with E-state index < -0.39 is 0 Å². The maximum absolute atomic E-state index is 12.8. The molecule has 5 nitrogen and oxygen atoms in total. The summed E-state index contributed by atoms with van der Waals surface area (Å²) in [6.45, 7) is 1.71. The van der Waals surface area contributed by atoms with Gasteiger partial charge in [0.05, 0.1) is 18.3 Å². The molecule has 0 aliphatic carbocycles. The molecule has 0 radical (unpaired) electrons. The summed E-state index contributed by atoms with van der Waals surface area (Å²) in [5.41, 5.74) is 0.961. The molecule has 2 amide bonds. The molecule has 124 valence electrons. The Labute approximate surface area is 137 Å². The Bertz CT molecular complexity index is 546. The first-order valence-electron chi connectivity index (χ1n) is 8.74. The van der Waals surface area contributed by atoms with Gasteiger partial charge in [-0.2, -0.15) is 0 Å². The number of pyridine rings is 1. The van der Waals surface area contributed by atoms with Crippen molar-refractivity contribution in [1.29, 1.82) is 0 Å². The first-order chi connectivity index (χ1) is 11.3. The Kier molecular flexibility index (Phi) is 5.26. The number of carbonyl (C=O) groups excluding carboxylic acids is 2. The molecule has 0 unspecified atom stereocenters. The highest BCUT2D eigenvalue weighted by atomic mass is 16.2. The van der Waals surface area contributed by atoms with Gasteiger partial charge in [-0.25, -0.2) is 0 Å². The van der Waals surface area contributed by atoms with Gasteiger partial charge in [0.1, 0.15) is 0 Å². The van der Waals surface area contributed by atoms with Crippen LogP contribution in [-0.4, -0.2) is 46.2 Å². The maximum atomic E-state index is 12.8. The van der Waals surface area contributed by atoms with Crippen LogP contribution in [0.3, 0.4) is 0 Å². The van der Waals surface area contributed by atoms with Crippen molar-refractivity contribution in [3.8, 4) is 0 Å². The van der Waals surface area contributed by atoms with Gasteiger partial charge >= 0.3 is 0 Å². The summed E-state index contributed by atoms with van der Waals surface area (Å²) in [5, 5.41) is 0. The molecule has 0 bridgehead atoms. The van der Waals surface area contributed by atoms with Crippen molar-refractivity contribution in [3.05, 3.63) is 30.1 Å². The third-order valence-corrected chi connectivity index (χ3v) is 4.85. The molecule has 3 rings (SSSR count). The highest BCUT2D eigenvalue weighted by molar-refractivity contribution is 5.85. The summed E-state index contributed by atoms with van der Waals surface area (Å²) in [7, 11) is 0. The number of piperidine rings is 1. The third-order valence-electron chi connectivity index (χ3n) is 4.85. The van der Waals surface area contributed by atoms with Crippen molar-refractivity contribution in [1.82, 2.24) is 14.8 Å². The Morgan fingerprint density at radius 3 is 2.83 bits per heavy atom. The summed E-state index contributed by atoms with van der Waals surface area (Å²) >= 11 is 0. The lowest BCUT2D eigenvalue weighted by atomic mass is 9.98. The number of carbonyl (C=O) groups is 2. The fourth-order valence-electron chi connectivity index (χ4n) is 3.57. The molecule has 3 heterocycles. The van der Waals surface area contributed by atoms with Gasteiger partial charge in [0.15, 0.2) is 0 Å². The van der Waals surface area contributed by atoms with Crippen LogP contribution < -0.4 is 0 Å². The number of nitrogens with zero attached hydrogens (tertiary/aromatic N) is 3. The van der Waals surface area contributed by atoms with Crippen LogP contribution in [0.5, 0.6) is 0 Å². The molecule has 0 saturated carbocycles. The number of amides is 2. The molecule has 0 N–H and O–H groups in total. The summed E-state index contributed by atoms with van der Waals surface area (Å²) in [6, 6.07) is 5.92. The largest absolute Gasteiger partial charge is 0.333 e. The number of hydrogen-bond acceptors (Lipinski definition) is 3. The van der Waals surface area contributed by atoms with E-state index in [4.69, 9.17) is 0 Å². The fourth-order valence-corrected chi connectivity index (χ4v) is 3.57. The van der Waals surface area contributed by atoms with Gasteiger partial charge in [0, 0.05) is 25.7 Å². The zero-order valence-corrected chi connectivity index (χ0v) is 13.6. The highest BCUT2D eigenvalue weighted by Gasteiger charge is 2.30. The van der Waals surface area contributed by atoms with Gasteiger partial charge in [-0.1, -0.05) is 12.5 Å². The second-order valence-electron chi connectivity index (χ2n) is 6.48. The Morgan fingerprint density at radius 1 is 1.13 bits per heavy atom. The average Bonchev–Trinajstić information content (AvgIpc) is 2.80. The van der Waals surface area contributed by atoms with Crippen LogP contribution >= 0.6 is 0 Å². The molecular formula is C18H25N3O2. The summed E-state index contributed by atoms with van der Waals surface area (Å²) in [6.07, 6.45) is 8.50. The lowest BCUT2D eigenvalue weighted by Crippen LogP contribution is -2.46. The monoisotopic (exact) mass is 315 g/mol. The smallest absolute Gasteiger partial charge is 0.242 e. The molecule has 2 saturated heterocycles. The number of rotatable bonds is 3. The summed E-state index contributed by atoms with van der Waals surface area (Å²) < 4.78 is 0. The first kappa shape index (κ1) is 16.0. The van der Waals surface area contributed by atoms with Crippen molar-refractivity contribution in [2.24, 2.45) is 0 Å². The van der Waals surface area contributed by atoms with Crippen LogP contribution in [0, 0.1) is 0 Å². The second kappa shape index (κ2) is 7.57. The van der Waals surface area contributed by atoms with Crippen molar-refractivity contribution in [2.45, 2.75) is 51.0 Å². The minimum Gasteiger partial charge on any atom is -0.333 e. The van der Waals surface area contributed by atoms with Crippen LogP contribution in [0.25, 0.3) is 0 Å². The quantitative estimate of drug-likeness (QED) is 0.861. The van der Waals surface area contributed by atoms with Crippen LogP contribution in [0.4, 0.5) is 0 Å². The van der Waals surface area contributed by atoms with Gasteiger partial charge in [-0.3, -0.25) is 14.6 Å².